The van der Waals surface area contributed by atoms with Crippen molar-refractivity contribution in [2.45, 2.75) is 44.2 Å². The van der Waals surface area contributed by atoms with E-state index >= 15 is 0 Å². The van der Waals surface area contributed by atoms with Crippen molar-refractivity contribution in [3.8, 4) is 5.75 Å². The Hall–Kier alpha value is -2.61. The van der Waals surface area contributed by atoms with Gasteiger partial charge in [0.2, 0.25) is 11.8 Å². The fraction of sp³-hybridized carbons (Fsp3) is 0.565. The Kier molecular flexibility index (Phi) is 6.98. The lowest BCUT2D eigenvalue weighted by atomic mass is 9.92. The molecular formula is C23H28ClN3O5. The molecule has 2 heterocycles. The maximum Gasteiger partial charge on any atom is 0.261 e. The van der Waals surface area contributed by atoms with Gasteiger partial charge in [0, 0.05) is 24.0 Å². The summed E-state index contributed by atoms with van der Waals surface area (Å²) in [6.45, 7) is 0.928. The summed E-state index contributed by atoms with van der Waals surface area (Å²) in [6.07, 6.45) is 4.49. The lowest BCUT2D eigenvalue weighted by Crippen LogP contribution is -2.52. The molecule has 2 saturated heterocycles. The van der Waals surface area contributed by atoms with Gasteiger partial charge in [-0.15, -0.1) is 0 Å². The topological polar surface area (TPSA) is 105 Å². The number of nitrogens with one attached hydrogen (secondary N) is 2. The Morgan fingerprint density at radius 1 is 1.25 bits per heavy atom. The Morgan fingerprint density at radius 3 is 2.72 bits per heavy atom. The predicted molar refractivity (Wildman–Crippen MR) is 117 cm³/mol. The molecule has 3 aliphatic rings. The maximum atomic E-state index is 13.2. The number of hydrogen-bond donors (Lipinski definition) is 2. The van der Waals surface area contributed by atoms with E-state index in [1.54, 1.807) is 29.2 Å². The summed E-state index contributed by atoms with van der Waals surface area (Å²) < 4.78 is 5.61. The fourth-order valence-electron chi connectivity index (χ4n) is 5.25. The van der Waals surface area contributed by atoms with E-state index in [0.29, 0.717) is 36.6 Å². The SMILES string of the molecule is O=C[C@H](C[C@@H]1CCNC1=O)NC(=O)[C@H]1[C@@H]2CCC[C@H]2CN1C(=O)COc1ccc(Cl)cc1. The van der Waals surface area contributed by atoms with Crippen molar-refractivity contribution in [1.29, 1.82) is 0 Å². The molecule has 0 bridgehead atoms. The van der Waals surface area contributed by atoms with E-state index in [0.717, 1.165) is 19.3 Å². The van der Waals surface area contributed by atoms with Crippen molar-refractivity contribution in [2.75, 3.05) is 19.7 Å². The summed E-state index contributed by atoms with van der Waals surface area (Å²) in [5.74, 6) is -0.0593. The number of benzene rings is 1. The van der Waals surface area contributed by atoms with E-state index in [2.05, 4.69) is 10.6 Å². The van der Waals surface area contributed by atoms with Gasteiger partial charge in [-0.2, -0.15) is 0 Å². The van der Waals surface area contributed by atoms with Crippen LogP contribution in [0.1, 0.15) is 32.1 Å². The van der Waals surface area contributed by atoms with Gasteiger partial charge >= 0.3 is 0 Å². The summed E-state index contributed by atoms with van der Waals surface area (Å²) in [7, 11) is 0. The first-order valence-corrected chi connectivity index (χ1v) is 11.5. The van der Waals surface area contributed by atoms with Crippen LogP contribution in [0.2, 0.25) is 5.02 Å². The number of amides is 3. The molecule has 1 aromatic carbocycles. The van der Waals surface area contributed by atoms with Crippen LogP contribution in [-0.2, 0) is 19.2 Å². The molecule has 4 rings (SSSR count). The number of hydrogen-bond acceptors (Lipinski definition) is 5. The molecule has 0 spiro atoms. The third-order valence-corrected chi connectivity index (χ3v) is 7.10. The van der Waals surface area contributed by atoms with E-state index in [4.69, 9.17) is 16.3 Å². The number of aldehydes is 1. The molecule has 172 valence electrons. The van der Waals surface area contributed by atoms with Crippen LogP contribution in [0.4, 0.5) is 0 Å². The van der Waals surface area contributed by atoms with Gasteiger partial charge < -0.3 is 25.1 Å². The zero-order valence-corrected chi connectivity index (χ0v) is 18.6. The van der Waals surface area contributed by atoms with E-state index in [9.17, 15) is 19.2 Å². The molecule has 0 radical (unpaired) electrons. The number of ether oxygens (including phenoxy) is 1. The van der Waals surface area contributed by atoms with Crippen molar-refractivity contribution >= 4 is 35.6 Å². The van der Waals surface area contributed by atoms with Crippen LogP contribution in [0.5, 0.6) is 5.75 Å². The first-order chi connectivity index (χ1) is 15.5. The van der Waals surface area contributed by atoms with Crippen molar-refractivity contribution in [3.63, 3.8) is 0 Å². The molecule has 9 heteroatoms. The summed E-state index contributed by atoms with van der Waals surface area (Å²) >= 11 is 5.88. The molecule has 32 heavy (non-hydrogen) atoms. The molecule has 1 aromatic rings. The third-order valence-electron chi connectivity index (χ3n) is 6.85. The molecule has 0 unspecified atom stereocenters. The van der Waals surface area contributed by atoms with Gasteiger partial charge in [0.05, 0.1) is 6.04 Å². The second-order valence-electron chi connectivity index (χ2n) is 8.85. The van der Waals surface area contributed by atoms with Gasteiger partial charge in [-0.1, -0.05) is 18.0 Å². The molecular weight excluding hydrogens is 434 g/mol. The maximum absolute atomic E-state index is 13.2. The minimum atomic E-state index is -0.751. The number of carbonyl (C=O) groups is 4. The zero-order chi connectivity index (χ0) is 22.7. The summed E-state index contributed by atoms with van der Waals surface area (Å²) in [5, 5.41) is 6.12. The van der Waals surface area contributed by atoms with E-state index in [-0.39, 0.29) is 48.5 Å². The molecule has 3 amide bonds. The van der Waals surface area contributed by atoms with Gasteiger partial charge in [0.1, 0.15) is 18.1 Å². The van der Waals surface area contributed by atoms with Gasteiger partial charge in [-0.25, -0.2) is 0 Å². The number of nitrogens with zero attached hydrogens (tertiary/aromatic N) is 1. The number of fused-ring (bicyclic) bond motifs is 1. The fourth-order valence-corrected chi connectivity index (χ4v) is 5.38. The Labute approximate surface area is 192 Å². The monoisotopic (exact) mass is 461 g/mol. The normalized spacial score (nSPS) is 27.5. The van der Waals surface area contributed by atoms with Crippen LogP contribution in [0.15, 0.2) is 24.3 Å². The van der Waals surface area contributed by atoms with Crippen molar-refractivity contribution in [3.05, 3.63) is 29.3 Å². The molecule has 0 aromatic heterocycles. The van der Waals surface area contributed by atoms with Crippen molar-refractivity contribution in [1.82, 2.24) is 15.5 Å². The molecule has 1 saturated carbocycles. The highest BCUT2D eigenvalue weighted by atomic mass is 35.5. The Morgan fingerprint density at radius 2 is 2.03 bits per heavy atom. The average Bonchev–Trinajstić information content (AvgIpc) is 3.48. The lowest BCUT2D eigenvalue weighted by Gasteiger charge is -2.28. The molecule has 1 aliphatic carbocycles. The highest BCUT2D eigenvalue weighted by Crippen LogP contribution is 2.42. The van der Waals surface area contributed by atoms with Crippen LogP contribution in [0, 0.1) is 17.8 Å². The first kappa shape index (κ1) is 22.6. The quantitative estimate of drug-likeness (QED) is 0.571. The predicted octanol–water partition coefficient (Wildman–Crippen LogP) is 1.56. The lowest BCUT2D eigenvalue weighted by molar-refractivity contribution is -0.141. The van der Waals surface area contributed by atoms with Gasteiger partial charge in [0.15, 0.2) is 6.61 Å². The van der Waals surface area contributed by atoms with E-state index < -0.39 is 12.1 Å². The molecule has 5 atom stereocenters. The third kappa shape index (κ3) is 4.90. The van der Waals surface area contributed by atoms with Gasteiger partial charge in [0.25, 0.3) is 5.91 Å². The highest BCUT2D eigenvalue weighted by Gasteiger charge is 2.49. The minimum Gasteiger partial charge on any atom is -0.484 e. The summed E-state index contributed by atoms with van der Waals surface area (Å²) in [4.78, 5) is 51.3. The smallest absolute Gasteiger partial charge is 0.261 e. The number of likely N-dealkylation sites (tertiary alicyclic amines) is 1. The standard InChI is InChI=1S/C23H28ClN3O5/c24-16-4-6-18(7-5-16)32-13-20(29)27-11-15-2-1-3-19(15)21(27)23(31)26-17(12-28)10-14-8-9-25-22(14)30/h4-7,12,14-15,17,19,21H,1-3,8-11,13H2,(H,25,30)(H,26,31)/t14-,15-,17-,19+,21+/m0/s1. The molecule has 2 N–H and O–H groups in total. The average molecular weight is 462 g/mol. The van der Waals surface area contributed by atoms with Crippen LogP contribution >= 0.6 is 11.6 Å². The number of carbonyl (C=O) groups excluding carboxylic acids is 4. The summed E-state index contributed by atoms with van der Waals surface area (Å²) in [5.41, 5.74) is 0. The summed E-state index contributed by atoms with van der Waals surface area (Å²) in [6, 6.07) is 5.37. The Balaban J connectivity index is 1.40. The van der Waals surface area contributed by atoms with Crippen LogP contribution in [0.25, 0.3) is 0 Å². The Bertz CT molecular complexity index is 877. The molecule has 2 aliphatic heterocycles. The second-order valence-corrected chi connectivity index (χ2v) is 9.29. The van der Waals surface area contributed by atoms with Gasteiger partial charge in [-0.05, 0) is 61.8 Å². The van der Waals surface area contributed by atoms with Crippen molar-refractivity contribution in [2.24, 2.45) is 17.8 Å². The largest absolute Gasteiger partial charge is 0.484 e. The van der Waals surface area contributed by atoms with Gasteiger partial charge in [-0.3, -0.25) is 14.4 Å². The highest BCUT2D eigenvalue weighted by molar-refractivity contribution is 6.30. The van der Waals surface area contributed by atoms with E-state index in [1.807, 2.05) is 0 Å². The zero-order valence-electron chi connectivity index (χ0n) is 17.8. The van der Waals surface area contributed by atoms with Crippen LogP contribution < -0.4 is 15.4 Å². The minimum absolute atomic E-state index is 0.0802. The number of halogens is 1. The first-order valence-electron chi connectivity index (χ1n) is 11.2. The van der Waals surface area contributed by atoms with Crippen LogP contribution in [-0.4, -0.2) is 60.7 Å². The van der Waals surface area contributed by atoms with Crippen molar-refractivity contribution < 1.29 is 23.9 Å². The number of rotatable bonds is 8. The molecule has 8 nitrogen and oxygen atoms in total. The van der Waals surface area contributed by atoms with Crippen LogP contribution in [0.3, 0.4) is 0 Å². The second kappa shape index (κ2) is 9.90. The molecule has 3 fully saturated rings. The van der Waals surface area contributed by atoms with E-state index in [1.165, 1.54) is 0 Å².